The van der Waals surface area contributed by atoms with E-state index in [4.69, 9.17) is 10.00 Å². The fraction of sp³-hybridized carbons (Fsp3) is 0.400. The highest BCUT2D eigenvalue weighted by Crippen LogP contribution is 2.33. The molecule has 2 rings (SSSR count). The Bertz CT molecular complexity index is 550. The Morgan fingerprint density at radius 1 is 1.45 bits per heavy atom. The number of amides is 2. The van der Waals surface area contributed by atoms with Crippen LogP contribution in [0.3, 0.4) is 0 Å². The van der Waals surface area contributed by atoms with Crippen LogP contribution in [0.4, 0.5) is 4.79 Å². The Morgan fingerprint density at radius 2 is 2.10 bits per heavy atom. The number of benzene rings is 1. The molecule has 0 aliphatic carbocycles. The first-order valence-corrected chi connectivity index (χ1v) is 6.51. The van der Waals surface area contributed by atoms with Crippen molar-refractivity contribution in [2.45, 2.75) is 32.4 Å². The fourth-order valence-corrected chi connectivity index (χ4v) is 2.31. The minimum absolute atomic E-state index is 0.0886. The molecule has 5 nitrogen and oxygen atoms in total. The summed E-state index contributed by atoms with van der Waals surface area (Å²) in [5.41, 5.74) is 0.858. The van der Waals surface area contributed by atoms with Gasteiger partial charge in [0.2, 0.25) is 5.91 Å². The van der Waals surface area contributed by atoms with Crippen molar-refractivity contribution in [3.05, 3.63) is 35.9 Å². The molecule has 2 amide bonds. The Balaban J connectivity index is 2.19. The molecule has 0 aromatic heterocycles. The molecule has 1 heterocycles. The topological polar surface area (TPSA) is 70.4 Å². The van der Waals surface area contributed by atoms with Gasteiger partial charge in [-0.25, -0.2) is 9.69 Å². The first-order valence-electron chi connectivity index (χ1n) is 6.51. The predicted octanol–water partition coefficient (Wildman–Crippen LogP) is 2.64. The van der Waals surface area contributed by atoms with Gasteiger partial charge in [0.15, 0.2) is 0 Å². The maximum absolute atomic E-state index is 12.2. The number of carbonyl (C=O) groups excluding carboxylic acids is 2. The number of hydrogen-bond donors (Lipinski definition) is 0. The van der Waals surface area contributed by atoms with Gasteiger partial charge in [-0.15, -0.1) is 0 Å². The summed E-state index contributed by atoms with van der Waals surface area (Å²) in [5.74, 6) is -0.869. The molecule has 0 unspecified atom stereocenters. The van der Waals surface area contributed by atoms with Crippen LogP contribution in [-0.2, 0) is 9.53 Å². The van der Waals surface area contributed by atoms with Crippen LogP contribution in [0.2, 0.25) is 0 Å². The first-order chi connectivity index (χ1) is 9.56. The zero-order valence-corrected chi connectivity index (χ0v) is 11.4. The summed E-state index contributed by atoms with van der Waals surface area (Å²) in [6.45, 7) is 3.42. The van der Waals surface area contributed by atoms with E-state index in [1.54, 1.807) is 13.8 Å². The van der Waals surface area contributed by atoms with Crippen LogP contribution in [0.1, 0.15) is 31.9 Å². The van der Waals surface area contributed by atoms with Gasteiger partial charge in [-0.3, -0.25) is 4.79 Å². The lowest BCUT2D eigenvalue weighted by Gasteiger charge is -2.21. The lowest BCUT2D eigenvalue weighted by molar-refractivity contribution is -0.132. The average Bonchev–Trinajstić information content (AvgIpc) is 2.74. The van der Waals surface area contributed by atoms with E-state index in [-0.39, 0.29) is 18.4 Å². The molecule has 1 aromatic carbocycles. The summed E-state index contributed by atoms with van der Waals surface area (Å²) in [6.07, 6.45) is -1.01. The highest BCUT2D eigenvalue weighted by Gasteiger charge is 2.44. The highest BCUT2D eigenvalue weighted by atomic mass is 16.6. The molecule has 3 atom stereocenters. The summed E-state index contributed by atoms with van der Waals surface area (Å²) in [7, 11) is 0. The van der Waals surface area contributed by atoms with Gasteiger partial charge in [-0.05, 0) is 12.5 Å². The van der Waals surface area contributed by atoms with Crippen molar-refractivity contribution in [3.63, 3.8) is 0 Å². The fourth-order valence-electron chi connectivity index (χ4n) is 2.31. The minimum atomic E-state index is -0.638. The number of nitriles is 1. The second-order valence-electron chi connectivity index (χ2n) is 4.93. The van der Waals surface area contributed by atoms with E-state index in [1.165, 1.54) is 0 Å². The predicted molar refractivity (Wildman–Crippen MR) is 71.4 cm³/mol. The van der Waals surface area contributed by atoms with Gasteiger partial charge >= 0.3 is 6.09 Å². The third-order valence-electron chi connectivity index (χ3n) is 3.45. The zero-order valence-electron chi connectivity index (χ0n) is 11.4. The SMILES string of the molecule is C[C@@H](CC#N)C(=O)N1C(=O)O[C@H](c2ccccc2)[C@@H]1C. The van der Waals surface area contributed by atoms with Crippen molar-refractivity contribution in [3.8, 4) is 6.07 Å². The van der Waals surface area contributed by atoms with Crippen LogP contribution in [0, 0.1) is 17.2 Å². The van der Waals surface area contributed by atoms with E-state index >= 15 is 0 Å². The highest BCUT2D eigenvalue weighted by molar-refractivity contribution is 5.95. The molecule has 1 aromatic rings. The Hall–Kier alpha value is -2.35. The number of imide groups is 1. The van der Waals surface area contributed by atoms with Gasteiger partial charge < -0.3 is 4.74 Å². The van der Waals surface area contributed by atoms with Gasteiger partial charge in [0.25, 0.3) is 0 Å². The summed E-state index contributed by atoms with van der Waals surface area (Å²) < 4.78 is 5.30. The van der Waals surface area contributed by atoms with Crippen molar-refractivity contribution in [2.75, 3.05) is 0 Å². The van der Waals surface area contributed by atoms with E-state index in [1.807, 2.05) is 36.4 Å². The monoisotopic (exact) mass is 272 g/mol. The lowest BCUT2D eigenvalue weighted by Crippen LogP contribution is -2.40. The molecule has 0 spiro atoms. The first kappa shape index (κ1) is 14.1. The van der Waals surface area contributed by atoms with Crippen LogP contribution >= 0.6 is 0 Å². The molecule has 20 heavy (non-hydrogen) atoms. The van der Waals surface area contributed by atoms with Gasteiger partial charge in [-0.2, -0.15) is 5.26 Å². The molecule has 5 heteroatoms. The van der Waals surface area contributed by atoms with Crippen LogP contribution < -0.4 is 0 Å². The van der Waals surface area contributed by atoms with Gasteiger partial charge in [0.1, 0.15) is 6.10 Å². The number of nitrogens with zero attached hydrogens (tertiary/aromatic N) is 2. The summed E-state index contributed by atoms with van der Waals surface area (Å²) in [4.78, 5) is 25.3. The average molecular weight is 272 g/mol. The van der Waals surface area contributed by atoms with Crippen molar-refractivity contribution >= 4 is 12.0 Å². The molecule has 1 saturated heterocycles. The van der Waals surface area contributed by atoms with Crippen molar-refractivity contribution < 1.29 is 14.3 Å². The number of ether oxygens (including phenoxy) is 1. The normalized spacial score (nSPS) is 23.1. The number of cyclic esters (lactones) is 1. The molecular formula is C15H16N2O3. The summed E-state index contributed by atoms with van der Waals surface area (Å²) in [5, 5.41) is 8.65. The van der Waals surface area contributed by atoms with Crippen LogP contribution in [0.25, 0.3) is 0 Å². The summed E-state index contributed by atoms with van der Waals surface area (Å²) >= 11 is 0. The Morgan fingerprint density at radius 3 is 2.70 bits per heavy atom. The van der Waals surface area contributed by atoms with E-state index in [2.05, 4.69) is 0 Å². The second kappa shape index (κ2) is 5.74. The molecule has 0 bridgehead atoms. The van der Waals surface area contributed by atoms with Crippen molar-refractivity contribution in [1.82, 2.24) is 4.90 Å². The molecule has 0 N–H and O–H groups in total. The van der Waals surface area contributed by atoms with E-state index < -0.39 is 18.1 Å². The Kier molecular flexibility index (Phi) is 4.04. The number of hydrogen-bond acceptors (Lipinski definition) is 4. The van der Waals surface area contributed by atoms with E-state index in [0.29, 0.717) is 0 Å². The van der Waals surface area contributed by atoms with E-state index in [0.717, 1.165) is 10.5 Å². The third-order valence-corrected chi connectivity index (χ3v) is 3.45. The smallest absolute Gasteiger partial charge is 0.417 e. The minimum Gasteiger partial charge on any atom is -0.439 e. The van der Waals surface area contributed by atoms with Crippen LogP contribution in [0.15, 0.2) is 30.3 Å². The molecular weight excluding hydrogens is 256 g/mol. The van der Waals surface area contributed by atoms with Crippen molar-refractivity contribution in [2.24, 2.45) is 5.92 Å². The van der Waals surface area contributed by atoms with Crippen molar-refractivity contribution in [1.29, 1.82) is 5.26 Å². The van der Waals surface area contributed by atoms with E-state index in [9.17, 15) is 9.59 Å². The van der Waals surface area contributed by atoms with Gasteiger partial charge in [-0.1, -0.05) is 37.3 Å². The zero-order chi connectivity index (χ0) is 14.7. The largest absolute Gasteiger partial charge is 0.439 e. The molecule has 1 aliphatic heterocycles. The number of rotatable bonds is 3. The second-order valence-corrected chi connectivity index (χ2v) is 4.93. The van der Waals surface area contributed by atoms with Gasteiger partial charge in [0.05, 0.1) is 12.1 Å². The molecule has 0 radical (unpaired) electrons. The third kappa shape index (κ3) is 2.50. The summed E-state index contributed by atoms with van der Waals surface area (Å²) in [6, 6.07) is 10.9. The molecule has 0 saturated carbocycles. The maximum atomic E-state index is 12.2. The van der Waals surface area contributed by atoms with Crippen LogP contribution in [0.5, 0.6) is 0 Å². The number of carbonyl (C=O) groups is 2. The molecule has 104 valence electrons. The Labute approximate surface area is 117 Å². The standard InChI is InChI=1S/C15H16N2O3/c1-10(8-9-16)14(18)17-11(2)13(20-15(17)19)12-6-4-3-5-7-12/h3-7,10-11,13H,8H2,1-2H3/t10-,11-,13-/m0/s1. The maximum Gasteiger partial charge on any atom is 0.417 e. The van der Waals surface area contributed by atoms with Crippen LogP contribution in [-0.4, -0.2) is 22.9 Å². The quantitative estimate of drug-likeness (QED) is 0.848. The molecule has 1 fully saturated rings. The lowest BCUT2D eigenvalue weighted by atomic mass is 10.0. The molecule has 1 aliphatic rings. The van der Waals surface area contributed by atoms with Gasteiger partial charge in [0, 0.05) is 12.3 Å².